The second kappa shape index (κ2) is 2.48. The number of hydrogen-bond donors (Lipinski definition) is 3. The van der Waals surface area contributed by atoms with E-state index in [4.69, 9.17) is 15.9 Å². The highest BCUT2D eigenvalue weighted by molar-refractivity contribution is 5.85. The van der Waals surface area contributed by atoms with E-state index in [1.807, 2.05) is 6.92 Å². The third-order valence-corrected chi connectivity index (χ3v) is 3.67. The first kappa shape index (κ1) is 9.45. The van der Waals surface area contributed by atoms with Crippen LogP contribution in [0.1, 0.15) is 13.3 Å². The first-order chi connectivity index (χ1) is 6.39. The topological polar surface area (TPSA) is 101 Å². The third-order valence-electron chi connectivity index (χ3n) is 3.67. The van der Waals surface area contributed by atoms with Crippen molar-refractivity contribution in [2.45, 2.75) is 18.9 Å². The van der Waals surface area contributed by atoms with Crippen molar-refractivity contribution < 1.29 is 19.8 Å². The highest BCUT2D eigenvalue weighted by Gasteiger charge is 2.72. The molecular formula is C9H13NO4. The first-order valence-corrected chi connectivity index (χ1v) is 4.64. The lowest BCUT2D eigenvalue weighted by atomic mass is 9.88. The lowest BCUT2D eigenvalue weighted by molar-refractivity contribution is -0.145. The average molecular weight is 199 g/mol. The molecule has 0 aromatic carbocycles. The van der Waals surface area contributed by atoms with E-state index < -0.39 is 23.4 Å². The van der Waals surface area contributed by atoms with E-state index in [-0.39, 0.29) is 17.8 Å². The van der Waals surface area contributed by atoms with Crippen LogP contribution in [-0.2, 0) is 9.59 Å². The summed E-state index contributed by atoms with van der Waals surface area (Å²) in [5.41, 5.74) is 4.43. The van der Waals surface area contributed by atoms with Gasteiger partial charge in [0.05, 0.1) is 5.92 Å². The Hall–Kier alpha value is -1.10. The molecule has 0 aliphatic heterocycles. The zero-order valence-electron chi connectivity index (χ0n) is 7.80. The van der Waals surface area contributed by atoms with E-state index in [1.54, 1.807) is 0 Å². The standard InChI is InChI=1S/C9H13NO4/c1-3-2-9(10,8(13)14)6-4(3)5(6)7(11)12/h3-6H,2,10H2,1H3,(H,11,12)(H,13,14)/t3-,4-,5-,6-,9-/m0/s1. The number of hydrogen-bond acceptors (Lipinski definition) is 3. The van der Waals surface area contributed by atoms with Crippen LogP contribution < -0.4 is 5.73 Å². The average Bonchev–Trinajstić information content (AvgIpc) is 2.72. The molecule has 2 rings (SSSR count). The van der Waals surface area contributed by atoms with Crippen molar-refractivity contribution in [1.29, 1.82) is 0 Å². The van der Waals surface area contributed by atoms with Gasteiger partial charge in [-0.3, -0.25) is 9.59 Å². The quantitative estimate of drug-likeness (QED) is 0.569. The Morgan fingerprint density at radius 1 is 1.43 bits per heavy atom. The van der Waals surface area contributed by atoms with Crippen LogP contribution in [0.2, 0.25) is 0 Å². The fraction of sp³-hybridized carbons (Fsp3) is 0.778. The van der Waals surface area contributed by atoms with Crippen molar-refractivity contribution >= 4 is 11.9 Å². The summed E-state index contributed by atoms with van der Waals surface area (Å²) in [6.07, 6.45) is 0.390. The van der Waals surface area contributed by atoms with Crippen molar-refractivity contribution in [3.63, 3.8) is 0 Å². The largest absolute Gasteiger partial charge is 0.481 e. The molecule has 0 aromatic heterocycles. The maximum Gasteiger partial charge on any atom is 0.324 e. The number of carboxylic acids is 2. The molecule has 14 heavy (non-hydrogen) atoms. The lowest BCUT2D eigenvalue weighted by Crippen LogP contribution is -2.50. The van der Waals surface area contributed by atoms with Crippen LogP contribution in [-0.4, -0.2) is 27.7 Å². The molecule has 2 aliphatic rings. The normalized spacial score (nSPS) is 49.9. The van der Waals surface area contributed by atoms with Gasteiger partial charge in [-0.05, 0) is 18.3 Å². The van der Waals surface area contributed by atoms with E-state index in [9.17, 15) is 9.59 Å². The van der Waals surface area contributed by atoms with Crippen LogP contribution in [0.3, 0.4) is 0 Å². The first-order valence-electron chi connectivity index (χ1n) is 4.64. The van der Waals surface area contributed by atoms with Gasteiger partial charge in [0.2, 0.25) is 0 Å². The monoisotopic (exact) mass is 199 g/mol. The maximum absolute atomic E-state index is 11.0. The summed E-state index contributed by atoms with van der Waals surface area (Å²) < 4.78 is 0. The van der Waals surface area contributed by atoms with Gasteiger partial charge in [0.15, 0.2) is 0 Å². The minimum atomic E-state index is -1.31. The summed E-state index contributed by atoms with van der Waals surface area (Å²) >= 11 is 0. The lowest BCUT2D eigenvalue weighted by Gasteiger charge is -2.22. The molecular weight excluding hydrogens is 186 g/mol. The van der Waals surface area contributed by atoms with E-state index in [1.165, 1.54) is 0 Å². The van der Waals surface area contributed by atoms with E-state index in [0.717, 1.165) is 0 Å². The fourth-order valence-corrected chi connectivity index (χ4v) is 3.06. The van der Waals surface area contributed by atoms with Crippen LogP contribution in [0.4, 0.5) is 0 Å². The SMILES string of the molecule is C[C@H]1C[C@@](N)(C(=O)O)[C@@H]2[C@@H](C(=O)O)[C@@H]21. The molecule has 5 atom stereocenters. The maximum atomic E-state index is 11.0. The molecule has 0 aromatic rings. The van der Waals surface area contributed by atoms with Gasteiger partial charge in [0, 0.05) is 5.92 Å². The molecule has 0 heterocycles. The molecule has 2 saturated carbocycles. The zero-order valence-corrected chi connectivity index (χ0v) is 7.80. The number of carboxylic acid groups (broad SMARTS) is 2. The number of fused-ring (bicyclic) bond motifs is 1. The fourth-order valence-electron chi connectivity index (χ4n) is 3.06. The molecule has 4 N–H and O–H groups in total. The van der Waals surface area contributed by atoms with Gasteiger partial charge in [0.25, 0.3) is 0 Å². The molecule has 0 spiro atoms. The Kier molecular flexibility index (Phi) is 1.67. The Labute approximate surface area is 80.9 Å². The molecule has 2 aliphatic carbocycles. The third kappa shape index (κ3) is 0.930. The molecule has 0 unspecified atom stereocenters. The Bertz CT molecular complexity index is 316. The minimum absolute atomic E-state index is 0.0337. The van der Waals surface area contributed by atoms with Gasteiger partial charge in [-0.2, -0.15) is 0 Å². The van der Waals surface area contributed by atoms with E-state index >= 15 is 0 Å². The highest BCUT2D eigenvalue weighted by atomic mass is 16.4. The molecule has 2 fully saturated rings. The summed E-state index contributed by atoms with van der Waals surface area (Å²) in [6, 6.07) is 0. The van der Waals surface area contributed by atoms with Gasteiger partial charge in [0.1, 0.15) is 5.54 Å². The summed E-state index contributed by atoms with van der Waals surface area (Å²) in [5.74, 6) is -2.83. The van der Waals surface area contributed by atoms with Crippen molar-refractivity contribution in [1.82, 2.24) is 0 Å². The van der Waals surface area contributed by atoms with Crippen molar-refractivity contribution in [2.75, 3.05) is 0 Å². The number of nitrogens with two attached hydrogens (primary N) is 1. The molecule has 0 saturated heterocycles. The van der Waals surface area contributed by atoms with E-state index in [0.29, 0.717) is 6.42 Å². The highest BCUT2D eigenvalue weighted by Crippen LogP contribution is 2.64. The molecule has 5 nitrogen and oxygen atoms in total. The smallest absolute Gasteiger partial charge is 0.324 e. The predicted molar refractivity (Wildman–Crippen MR) is 46.4 cm³/mol. The number of carbonyl (C=O) groups is 2. The predicted octanol–water partition coefficient (Wildman–Crippen LogP) is -0.245. The number of aliphatic carboxylic acids is 2. The van der Waals surface area contributed by atoms with Gasteiger partial charge in [-0.25, -0.2) is 0 Å². The second-order valence-corrected chi connectivity index (χ2v) is 4.49. The number of rotatable bonds is 2. The van der Waals surface area contributed by atoms with Gasteiger partial charge in [-0.1, -0.05) is 6.92 Å². The molecule has 0 bridgehead atoms. The summed E-state index contributed by atoms with van der Waals surface area (Å²) in [6.45, 7) is 1.87. The van der Waals surface area contributed by atoms with Gasteiger partial charge < -0.3 is 15.9 Å². The summed E-state index contributed by atoms with van der Waals surface area (Å²) in [5, 5.41) is 17.8. The van der Waals surface area contributed by atoms with Gasteiger partial charge >= 0.3 is 11.9 Å². The van der Waals surface area contributed by atoms with Crippen molar-refractivity contribution in [3.8, 4) is 0 Å². The summed E-state index contributed by atoms with van der Waals surface area (Å²) in [7, 11) is 0. The van der Waals surface area contributed by atoms with Crippen LogP contribution in [0.15, 0.2) is 0 Å². The van der Waals surface area contributed by atoms with Crippen LogP contribution >= 0.6 is 0 Å². The second-order valence-electron chi connectivity index (χ2n) is 4.49. The molecule has 78 valence electrons. The van der Waals surface area contributed by atoms with Crippen molar-refractivity contribution in [3.05, 3.63) is 0 Å². The van der Waals surface area contributed by atoms with Crippen LogP contribution in [0.25, 0.3) is 0 Å². The van der Waals surface area contributed by atoms with Gasteiger partial charge in [-0.15, -0.1) is 0 Å². The minimum Gasteiger partial charge on any atom is -0.481 e. The van der Waals surface area contributed by atoms with E-state index in [2.05, 4.69) is 0 Å². The van der Waals surface area contributed by atoms with Crippen molar-refractivity contribution in [2.24, 2.45) is 29.4 Å². The Balaban J connectivity index is 2.26. The van der Waals surface area contributed by atoms with Crippen LogP contribution in [0, 0.1) is 23.7 Å². The Morgan fingerprint density at radius 2 is 2.00 bits per heavy atom. The zero-order chi connectivity index (χ0) is 10.7. The summed E-state index contributed by atoms with van der Waals surface area (Å²) in [4.78, 5) is 21.7. The van der Waals surface area contributed by atoms with Crippen LogP contribution in [0.5, 0.6) is 0 Å². The molecule has 0 radical (unpaired) electrons. The molecule has 0 amide bonds. The molecule has 5 heteroatoms. The Morgan fingerprint density at radius 3 is 2.36 bits per heavy atom.